The lowest BCUT2D eigenvalue weighted by Gasteiger charge is -2.43. The molecule has 1 atom stereocenters. The van der Waals surface area contributed by atoms with Gasteiger partial charge >= 0.3 is 0 Å². The maximum atomic E-state index is 3.49. The van der Waals surface area contributed by atoms with Gasteiger partial charge in [-0.1, -0.05) is 44.2 Å². The Morgan fingerprint density at radius 3 is 2.25 bits per heavy atom. The summed E-state index contributed by atoms with van der Waals surface area (Å²) in [6.07, 6.45) is 3.73. The number of piperidine rings is 1. The Labute approximate surface area is 124 Å². The molecule has 1 aromatic carbocycles. The van der Waals surface area contributed by atoms with Crippen molar-refractivity contribution in [2.75, 3.05) is 20.1 Å². The van der Waals surface area contributed by atoms with Gasteiger partial charge < -0.3 is 5.32 Å². The Balaban J connectivity index is 2.09. The summed E-state index contributed by atoms with van der Waals surface area (Å²) in [7, 11) is 2.10. The fourth-order valence-corrected chi connectivity index (χ4v) is 3.20. The van der Waals surface area contributed by atoms with Crippen LogP contribution in [-0.4, -0.2) is 30.6 Å². The van der Waals surface area contributed by atoms with Gasteiger partial charge in [0.1, 0.15) is 0 Å². The van der Waals surface area contributed by atoms with Gasteiger partial charge in [0.05, 0.1) is 0 Å². The van der Waals surface area contributed by atoms with Crippen molar-refractivity contribution in [3.8, 4) is 0 Å². The van der Waals surface area contributed by atoms with Gasteiger partial charge in [0, 0.05) is 24.7 Å². The van der Waals surface area contributed by atoms with Gasteiger partial charge in [-0.3, -0.25) is 4.90 Å². The molecule has 1 saturated heterocycles. The molecule has 0 aliphatic carbocycles. The lowest BCUT2D eigenvalue weighted by Crippen LogP contribution is -2.50. The SMILES string of the molecule is CNC1(C)CCN(C(CC(C)C)c2ccccc2)CC1. The minimum absolute atomic E-state index is 0.329. The number of likely N-dealkylation sites (tertiary alicyclic amines) is 1. The van der Waals surface area contributed by atoms with E-state index in [0.29, 0.717) is 11.6 Å². The molecule has 1 N–H and O–H groups in total. The summed E-state index contributed by atoms with van der Waals surface area (Å²) in [5.74, 6) is 0.734. The highest BCUT2D eigenvalue weighted by atomic mass is 15.2. The van der Waals surface area contributed by atoms with E-state index in [2.05, 4.69) is 68.4 Å². The summed E-state index contributed by atoms with van der Waals surface area (Å²) in [4.78, 5) is 2.69. The van der Waals surface area contributed by atoms with Crippen LogP contribution in [0.5, 0.6) is 0 Å². The van der Waals surface area contributed by atoms with Crippen LogP contribution < -0.4 is 5.32 Å². The zero-order valence-electron chi connectivity index (χ0n) is 13.5. The summed E-state index contributed by atoms with van der Waals surface area (Å²) in [6.45, 7) is 9.41. The molecule has 1 aromatic rings. The minimum Gasteiger partial charge on any atom is -0.314 e. The molecule has 0 saturated carbocycles. The number of nitrogens with zero attached hydrogens (tertiary/aromatic N) is 1. The maximum absolute atomic E-state index is 3.49. The molecule has 1 aliphatic heterocycles. The number of nitrogens with one attached hydrogen (secondary N) is 1. The minimum atomic E-state index is 0.329. The van der Waals surface area contributed by atoms with Crippen LogP contribution >= 0.6 is 0 Å². The summed E-state index contributed by atoms with van der Waals surface area (Å²) in [6, 6.07) is 11.6. The zero-order valence-corrected chi connectivity index (χ0v) is 13.5. The van der Waals surface area contributed by atoms with E-state index in [4.69, 9.17) is 0 Å². The van der Waals surface area contributed by atoms with E-state index in [1.165, 1.54) is 37.9 Å². The van der Waals surface area contributed by atoms with Crippen LogP contribution in [0.4, 0.5) is 0 Å². The first-order valence-corrected chi connectivity index (χ1v) is 8.02. The lowest BCUT2D eigenvalue weighted by molar-refractivity contribution is 0.0985. The normalized spacial score (nSPS) is 21.1. The van der Waals surface area contributed by atoms with Crippen molar-refractivity contribution in [3.05, 3.63) is 35.9 Å². The average Bonchev–Trinajstić information content (AvgIpc) is 2.47. The molecule has 0 bridgehead atoms. The van der Waals surface area contributed by atoms with Gasteiger partial charge in [-0.15, -0.1) is 0 Å². The first-order chi connectivity index (χ1) is 9.54. The van der Waals surface area contributed by atoms with Gasteiger partial charge in [0.25, 0.3) is 0 Å². The maximum Gasteiger partial charge on any atom is 0.0350 e. The van der Waals surface area contributed by atoms with E-state index in [0.717, 1.165) is 5.92 Å². The molecule has 1 fully saturated rings. The first-order valence-electron chi connectivity index (χ1n) is 8.02. The van der Waals surface area contributed by atoms with E-state index < -0.39 is 0 Å². The van der Waals surface area contributed by atoms with Crippen molar-refractivity contribution < 1.29 is 0 Å². The fourth-order valence-electron chi connectivity index (χ4n) is 3.20. The Morgan fingerprint density at radius 1 is 1.15 bits per heavy atom. The highest BCUT2D eigenvalue weighted by Gasteiger charge is 2.32. The molecule has 1 unspecified atom stereocenters. The van der Waals surface area contributed by atoms with Crippen LogP contribution in [0, 0.1) is 5.92 Å². The van der Waals surface area contributed by atoms with Crippen LogP contribution in [0.3, 0.4) is 0 Å². The number of rotatable bonds is 5. The average molecular weight is 274 g/mol. The van der Waals surface area contributed by atoms with Crippen molar-refractivity contribution in [2.45, 2.75) is 51.6 Å². The molecular weight excluding hydrogens is 244 g/mol. The number of benzene rings is 1. The molecule has 1 aliphatic rings. The Hall–Kier alpha value is -0.860. The Kier molecular flexibility index (Phi) is 5.22. The van der Waals surface area contributed by atoms with Crippen molar-refractivity contribution in [1.82, 2.24) is 10.2 Å². The van der Waals surface area contributed by atoms with Crippen LogP contribution in [0.15, 0.2) is 30.3 Å². The largest absolute Gasteiger partial charge is 0.314 e. The summed E-state index contributed by atoms with van der Waals surface area (Å²) < 4.78 is 0. The number of hydrogen-bond acceptors (Lipinski definition) is 2. The topological polar surface area (TPSA) is 15.3 Å². The fraction of sp³-hybridized carbons (Fsp3) is 0.667. The molecule has 0 radical (unpaired) electrons. The van der Waals surface area contributed by atoms with E-state index in [1.54, 1.807) is 0 Å². The molecule has 2 heteroatoms. The van der Waals surface area contributed by atoms with Crippen molar-refractivity contribution in [2.24, 2.45) is 5.92 Å². The van der Waals surface area contributed by atoms with E-state index >= 15 is 0 Å². The second kappa shape index (κ2) is 6.73. The van der Waals surface area contributed by atoms with Gasteiger partial charge in [-0.2, -0.15) is 0 Å². The second-order valence-corrected chi connectivity index (χ2v) is 6.90. The molecule has 2 rings (SSSR count). The molecule has 0 amide bonds. The highest BCUT2D eigenvalue weighted by Crippen LogP contribution is 2.32. The predicted molar refractivity (Wildman–Crippen MR) is 86.9 cm³/mol. The van der Waals surface area contributed by atoms with Crippen molar-refractivity contribution in [1.29, 1.82) is 0 Å². The van der Waals surface area contributed by atoms with E-state index in [-0.39, 0.29) is 0 Å². The van der Waals surface area contributed by atoms with Crippen LogP contribution in [0.25, 0.3) is 0 Å². The summed E-state index contributed by atoms with van der Waals surface area (Å²) in [5.41, 5.74) is 1.81. The van der Waals surface area contributed by atoms with Gasteiger partial charge in [0.2, 0.25) is 0 Å². The third-order valence-corrected chi connectivity index (χ3v) is 4.82. The quantitative estimate of drug-likeness (QED) is 0.877. The molecule has 0 aromatic heterocycles. The second-order valence-electron chi connectivity index (χ2n) is 6.90. The Morgan fingerprint density at radius 2 is 1.75 bits per heavy atom. The van der Waals surface area contributed by atoms with Crippen LogP contribution in [0.2, 0.25) is 0 Å². The smallest absolute Gasteiger partial charge is 0.0350 e. The molecular formula is C18H30N2. The zero-order chi connectivity index (χ0) is 14.6. The standard InChI is InChI=1S/C18H30N2/c1-15(2)14-17(16-8-6-5-7-9-16)20-12-10-18(3,19-4)11-13-20/h5-9,15,17,19H,10-14H2,1-4H3. The molecule has 0 spiro atoms. The van der Waals surface area contributed by atoms with Gasteiger partial charge in [0.15, 0.2) is 0 Å². The monoisotopic (exact) mass is 274 g/mol. The third kappa shape index (κ3) is 3.83. The van der Waals surface area contributed by atoms with Crippen LogP contribution in [0.1, 0.15) is 51.6 Å². The Bertz CT molecular complexity index is 391. The summed E-state index contributed by atoms with van der Waals surface area (Å²) in [5, 5.41) is 3.49. The van der Waals surface area contributed by atoms with E-state index in [1.807, 2.05) is 0 Å². The van der Waals surface area contributed by atoms with E-state index in [9.17, 15) is 0 Å². The molecule has 20 heavy (non-hydrogen) atoms. The van der Waals surface area contributed by atoms with Crippen molar-refractivity contribution >= 4 is 0 Å². The lowest BCUT2D eigenvalue weighted by atomic mass is 9.87. The molecule has 112 valence electrons. The highest BCUT2D eigenvalue weighted by molar-refractivity contribution is 5.19. The van der Waals surface area contributed by atoms with Gasteiger partial charge in [-0.05, 0) is 44.7 Å². The first kappa shape index (κ1) is 15.5. The van der Waals surface area contributed by atoms with Gasteiger partial charge in [-0.25, -0.2) is 0 Å². The van der Waals surface area contributed by atoms with Crippen LogP contribution in [-0.2, 0) is 0 Å². The summed E-state index contributed by atoms with van der Waals surface area (Å²) >= 11 is 0. The number of hydrogen-bond donors (Lipinski definition) is 1. The molecule has 1 heterocycles. The molecule has 2 nitrogen and oxygen atoms in total. The van der Waals surface area contributed by atoms with Crippen molar-refractivity contribution in [3.63, 3.8) is 0 Å². The third-order valence-electron chi connectivity index (χ3n) is 4.82. The predicted octanol–water partition coefficient (Wildman–Crippen LogP) is 3.85.